The van der Waals surface area contributed by atoms with E-state index in [1.165, 1.54) is 30.4 Å². The number of rotatable bonds is 12. The van der Waals surface area contributed by atoms with Crippen LogP contribution in [-0.2, 0) is 9.53 Å². The van der Waals surface area contributed by atoms with Crippen LogP contribution in [-0.4, -0.2) is 61.8 Å². The molecule has 1 heterocycles. The molecule has 0 radical (unpaired) electrons. The van der Waals surface area contributed by atoms with E-state index in [1.807, 2.05) is 0 Å². The van der Waals surface area contributed by atoms with Crippen LogP contribution in [0.25, 0.3) is 0 Å². The summed E-state index contributed by atoms with van der Waals surface area (Å²) in [6, 6.07) is 1.24. The van der Waals surface area contributed by atoms with Crippen LogP contribution < -0.4 is 10.6 Å². The lowest BCUT2D eigenvalue weighted by Crippen LogP contribution is -2.42. The number of piperidine rings is 1. The second kappa shape index (κ2) is 14.1. The van der Waals surface area contributed by atoms with Gasteiger partial charge in [-0.05, 0) is 77.5 Å². The standard InChI is InChI=1S/C26H47N3O2/c1-6-16-29(19-22(20(3)7-2)12-11-21(4)31-5)25-14-13-24(17-25)28-26(30)18-23-10-8-9-15-27-23/h11-12,21,23-25,27H,6-10,13-19H2,1-5H3,(H,28,30)/b12-11-,22-20+. The Morgan fingerprint density at radius 2 is 2.06 bits per heavy atom. The lowest BCUT2D eigenvalue weighted by molar-refractivity contribution is -0.122. The second-order valence-electron chi connectivity index (χ2n) is 9.51. The van der Waals surface area contributed by atoms with Gasteiger partial charge in [0.25, 0.3) is 0 Å². The van der Waals surface area contributed by atoms with Crippen molar-refractivity contribution in [3.05, 3.63) is 23.3 Å². The number of hydrogen-bond donors (Lipinski definition) is 2. The zero-order valence-corrected chi connectivity index (χ0v) is 20.7. The van der Waals surface area contributed by atoms with Crippen molar-refractivity contribution in [1.82, 2.24) is 15.5 Å². The van der Waals surface area contributed by atoms with Gasteiger partial charge in [0.05, 0.1) is 6.10 Å². The largest absolute Gasteiger partial charge is 0.378 e. The van der Waals surface area contributed by atoms with Gasteiger partial charge < -0.3 is 15.4 Å². The number of amides is 1. The third-order valence-corrected chi connectivity index (χ3v) is 7.03. The predicted molar refractivity (Wildman–Crippen MR) is 130 cm³/mol. The third-order valence-electron chi connectivity index (χ3n) is 7.03. The first kappa shape index (κ1) is 26.1. The number of carbonyl (C=O) groups is 1. The van der Waals surface area contributed by atoms with Crippen molar-refractivity contribution in [3.8, 4) is 0 Å². The molecule has 1 aliphatic carbocycles. The lowest BCUT2D eigenvalue weighted by Gasteiger charge is -2.30. The zero-order valence-electron chi connectivity index (χ0n) is 20.7. The van der Waals surface area contributed by atoms with Crippen molar-refractivity contribution in [2.45, 2.75) is 110 Å². The number of methoxy groups -OCH3 is 1. The maximum atomic E-state index is 12.6. The molecule has 2 fully saturated rings. The average molecular weight is 434 g/mol. The van der Waals surface area contributed by atoms with E-state index < -0.39 is 0 Å². The Kier molecular flexibility index (Phi) is 11.8. The number of nitrogens with zero attached hydrogens (tertiary/aromatic N) is 1. The number of carbonyl (C=O) groups excluding carboxylic acids is 1. The molecule has 2 rings (SSSR count). The SMILES string of the molecule is CCCN(CC(/C=C\C(C)OC)=C(\C)CC)C1CCC(NC(=O)CC2CCCCN2)C1. The van der Waals surface area contributed by atoms with Crippen LogP contribution in [0.2, 0.25) is 0 Å². The van der Waals surface area contributed by atoms with Crippen LogP contribution in [0, 0.1) is 0 Å². The van der Waals surface area contributed by atoms with Gasteiger partial charge in [0, 0.05) is 38.2 Å². The molecule has 0 aromatic heterocycles. The van der Waals surface area contributed by atoms with Gasteiger partial charge in [-0.15, -0.1) is 0 Å². The molecular formula is C26H47N3O2. The van der Waals surface area contributed by atoms with Gasteiger partial charge in [-0.3, -0.25) is 9.69 Å². The van der Waals surface area contributed by atoms with Crippen LogP contribution in [0.1, 0.15) is 85.5 Å². The number of ether oxygens (including phenoxy) is 1. The van der Waals surface area contributed by atoms with Crippen molar-refractivity contribution in [1.29, 1.82) is 0 Å². The fourth-order valence-electron chi connectivity index (χ4n) is 4.81. The van der Waals surface area contributed by atoms with Gasteiger partial charge in [0.1, 0.15) is 0 Å². The maximum Gasteiger partial charge on any atom is 0.221 e. The van der Waals surface area contributed by atoms with Crippen LogP contribution in [0.15, 0.2) is 23.3 Å². The van der Waals surface area contributed by atoms with Crippen LogP contribution in [0.3, 0.4) is 0 Å². The summed E-state index contributed by atoms with van der Waals surface area (Å²) in [6.07, 6.45) is 14.4. The van der Waals surface area contributed by atoms with Gasteiger partial charge in [-0.25, -0.2) is 0 Å². The second-order valence-corrected chi connectivity index (χ2v) is 9.51. The molecule has 2 N–H and O–H groups in total. The highest BCUT2D eigenvalue weighted by Gasteiger charge is 2.30. The van der Waals surface area contributed by atoms with Gasteiger partial charge >= 0.3 is 0 Å². The maximum absolute atomic E-state index is 12.6. The van der Waals surface area contributed by atoms with Gasteiger partial charge in [0.15, 0.2) is 0 Å². The Balaban J connectivity index is 1.93. The summed E-state index contributed by atoms with van der Waals surface area (Å²) in [5, 5.41) is 6.83. The smallest absolute Gasteiger partial charge is 0.221 e. The predicted octanol–water partition coefficient (Wildman–Crippen LogP) is 4.59. The molecule has 4 unspecified atom stereocenters. The fourth-order valence-corrected chi connectivity index (χ4v) is 4.81. The molecular weight excluding hydrogens is 386 g/mol. The van der Waals surface area contributed by atoms with E-state index in [2.05, 4.69) is 55.4 Å². The summed E-state index contributed by atoms with van der Waals surface area (Å²) < 4.78 is 5.40. The van der Waals surface area contributed by atoms with Crippen LogP contribution >= 0.6 is 0 Å². The highest BCUT2D eigenvalue weighted by Crippen LogP contribution is 2.26. The van der Waals surface area contributed by atoms with Crippen LogP contribution in [0.5, 0.6) is 0 Å². The van der Waals surface area contributed by atoms with Crippen molar-refractivity contribution in [2.24, 2.45) is 0 Å². The Labute approximate surface area is 191 Å². The van der Waals surface area contributed by atoms with Crippen LogP contribution in [0.4, 0.5) is 0 Å². The molecule has 0 spiro atoms. The van der Waals surface area contributed by atoms with E-state index in [0.29, 0.717) is 24.5 Å². The van der Waals surface area contributed by atoms with Crippen molar-refractivity contribution >= 4 is 5.91 Å². The minimum absolute atomic E-state index is 0.129. The molecule has 178 valence electrons. The van der Waals surface area contributed by atoms with E-state index in [0.717, 1.165) is 51.7 Å². The first-order valence-electron chi connectivity index (χ1n) is 12.6. The van der Waals surface area contributed by atoms with Gasteiger partial charge in [0.2, 0.25) is 5.91 Å². The summed E-state index contributed by atoms with van der Waals surface area (Å²) in [5.74, 6) is 0.228. The molecule has 0 aromatic carbocycles. The quantitative estimate of drug-likeness (QED) is 0.442. The zero-order chi connectivity index (χ0) is 22.6. The molecule has 5 heteroatoms. The van der Waals surface area contributed by atoms with E-state index in [9.17, 15) is 4.79 Å². The monoisotopic (exact) mass is 433 g/mol. The Hall–Kier alpha value is -1.17. The highest BCUT2D eigenvalue weighted by molar-refractivity contribution is 5.77. The summed E-state index contributed by atoms with van der Waals surface area (Å²) in [4.78, 5) is 15.2. The number of allylic oxidation sites excluding steroid dienone is 1. The topological polar surface area (TPSA) is 53.6 Å². The van der Waals surface area contributed by atoms with Crippen molar-refractivity contribution in [2.75, 3.05) is 26.7 Å². The number of hydrogen-bond acceptors (Lipinski definition) is 4. The molecule has 1 amide bonds. The molecule has 2 aliphatic rings. The fraction of sp³-hybridized carbons (Fsp3) is 0.808. The van der Waals surface area contributed by atoms with Crippen molar-refractivity contribution in [3.63, 3.8) is 0 Å². The van der Waals surface area contributed by atoms with Gasteiger partial charge in [-0.2, -0.15) is 0 Å². The molecule has 5 nitrogen and oxygen atoms in total. The normalized spacial score (nSPS) is 26.3. The highest BCUT2D eigenvalue weighted by atomic mass is 16.5. The molecule has 31 heavy (non-hydrogen) atoms. The summed E-state index contributed by atoms with van der Waals surface area (Å²) in [5.41, 5.74) is 2.86. The van der Waals surface area contributed by atoms with E-state index in [-0.39, 0.29) is 12.0 Å². The first-order valence-corrected chi connectivity index (χ1v) is 12.6. The minimum Gasteiger partial charge on any atom is -0.378 e. The Morgan fingerprint density at radius 3 is 2.71 bits per heavy atom. The van der Waals surface area contributed by atoms with Crippen molar-refractivity contribution < 1.29 is 9.53 Å². The lowest BCUT2D eigenvalue weighted by atomic mass is 10.0. The molecule has 1 aliphatic heterocycles. The Morgan fingerprint density at radius 1 is 1.26 bits per heavy atom. The molecule has 0 aromatic rings. The molecule has 1 saturated carbocycles. The summed E-state index contributed by atoms with van der Waals surface area (Å²) >= 11 is 0. The van der Waals surface area contributed by atoms with Gasteiger partial charge in [-0.1, -0.05) is 38.0 Å². The molecule has 0 bridgehead atoms. The average Bonchev–Trinajstić information content (AvgIpc) is 3.23. The molecule has 1 saturated heterocycles. The molecule has 4 atom stereocenters. The third kappa shape index (κ3) is 9.07. The Bertz CT molecular complexity index is 595. The van der Waals surface area contributed by atoms with E-state index >= 15 is 0 Å². The van der Waals surface area contributed by atoms with E-state index in [4.69, 9.17) is 4.74 Å². The summed E-state index contributed by atoms with van der Waals surface area (Å²) in [7, 11) is 1.76. The summed E-state index contributed by atoms with van der Waals surface area (Å²) in [6.45, 7) is 12.0. The van der Waals surface area contributed by atoms with E-state index in [1.54, 1.807) is 7.11 Å². The minimum atomic E-state index is 0.129. The first-order chi connectivity index (χ1) is 15.0. The number of nitrogens with one attached hydrogen (secondary N) is 2.